The summed E-state index contributed by atoms with van der Waals surface area (Å²) in [5, 5.41) is 6.46. The maximum Gasteiger partial charge on any atom is 0.250 e. The zero-order chi connectivity index (χ0) is 10.4. The average Bonchev–Trinajstić information content (AvgIpc) is 2.26. The Morgan fingerprint density at radius 2 is 2.57 bits per heavy atom. The third kappa shape index (κ3) is 3.86. The van der Waals surface area contributed by atoms with Crippen LogP contribution in [-0.2, 0) is 9.53 Å². The largest absolute Gasteiger partial charge is 0.366 e. The van der Waals surface area contributed by atoms with Crippen LogP contribution in [0.25, 0.3) is 0 Å². The first-order valence-corrected chi connectivity index (χ1v) is 6.15. The van der Waals surface area contributed by atoms with E-state index in [0.29, 0.717) is 24.9 Å². The van der Waals surface area contributed by atoms with Gasteiger partial charge in [-0.2, -0.15) is 11.8 Å². The van der Waals surface area contributed by atoms with Crippen molar-refractivity contribution in [1.82, 2.24) is 10.6 Å². The summed E-state index contributed by atoms with van der Waals surface area (Å²) in [5.74, 6) is -0.00176. The number of amides is 1. The predicted octanol–water partition coefficient (Wildman–Crippen LogP) is -0.157. The van der Waals surface area contributed by atoms with Crippen molar-refractivity contribution in [3.05, 3.63) is 0 Å². The first-order valence-electron chi connectivity index (χ1n) is 4.87. The maximum atomic E-state index is 11.5. The van der Waals surface area contributed by atoms with Crippen molar-refractivity contribution in [1.29, 1.82) is 0 Å². The lowest BCUT2D eigenvalue weighted by molar-refractivity contribution is -0.134. The summed E-state index contributed by atoms with van der Waals surface area (Å²) < 4.78 is 5.32. The van der Waals surface area contributed by atoms with Crippen molar-refractivity contribution in [2.75, 3.05) is 32.5 Å². The van der Waals surface area contributed by atoms with E-state index >= 15 is 0 Å². The number of ether oxygens (including phenoxy) is 1. The highest BCUT2D eigenvalue weighted by atomic mass is 32.2. The van der Waals surface area contributed by atoms with Gasteiger partial charge in [-0.1, -0.05) is 6.92 Å². The van der Waals surface area contributed by atoms with Crippen LogP contribution in [0.3, 0.4) is 0 Å². The lowest BCUT2D eigenvalue weighted by Gasteiger charge is -2.23. The molecule has 14 heavy (non-hydrogen) atoms. The van der Waals surface area contributed by atoms with Crippen LogP contribution in [0, 0.1) is 0 Å². The molecule has 0 aliphatic carbocycles. The molecule has 0 aromatic rings. The highest BCUT2D eigenvalue weighted by Gasteiger charge is 2.21. The summed E-state index contributed by atoms with van der Waals surface area (Å²) in [7, 11) is 0. The van der Waals surface area contributed by atoms with Crippen LogP contribution in [0.15, 0.2) is 0 Å². The van der Waals surface area contributed by atoms with Crippen LogP contribution >= 0.6 is 11.8 Å². The molecule has 2 N–H and O–H groups in total. The van der Waals surface area contributed by atoms with Crippen molar-refractivity contribution in [3.63, 3.8) is 0 Å². The van der Waals surface area contributed by atoms with Crippen LogP contribution in [0.4, 0.5) is 0 Å². The Kier molecular flexibility index (Phi) is 5.29. The standard InChI is InChI=1S/C9H18N2O2S/c1-7(14-2)5-11-9(12)8-6-10-3-4-13-8/h7-8,10H,3-6H2,1-2H3,(H,11,12)/t7?,8-/m1/s1. The molecule has 1 fully saturated rings. The van der Waals surface area contributed by atoms with E-state index in [4.69, 9.17) is 4.74 Å². The van der Waals surface area contributed by atoms with E-state index in [1.165, 1.54) is 0 Å². The molecule has 1 amide bonds. The third-order valence-corrected chi connectivity index (χ3v) is 3.16. The Hall–Kier alpha value is -0.260. The van der Waals surface area contributed by atoms with E-state index in [9.17, 15) is 4.79 Å². The second-order valence-corrected chi connectivity index (χ2v) is 4.63. The molecule has 0 saturated carbocycles. The number of thioether (sulfide) groups is 1. The van der Waals surface area contributed by atoms with E-state index in [1.54, 1.807) is 11.8 Å². The molecule has 1 aliphatic rings. The van der Waals surface area contributed by atoms with Gasteiger partial charge in [0.1, 0.15) is 6.10 Å². The second-order valence-electron chi connectivity index (χ2n) is 3.36. The minimum Gasteiger partial charge on any atom is -0.366 e. The predicted molar refractivity (Wildman–Crippen MR) is 58.6 cm³/mol. The fraction of sp³-hybridized carbons (Fsp3) is 0.889. The average molecular weight is 218 g/mol. The minimum atomic E-state index is -0.308. The lowest BCUT2D eigenvalue weighted by Crippen LogP contribution is -2.48. The molecule has 82 valence electrons. The maximum absolute atomic E-state index is 11.5. The fourth-order valence-electron chi connectivity index (χ4n) is 1.18. The molecule has 5 heteroatoms. The molecule has 1 aliphatic heterocycles. The van der Waals surface area contributed by atoms with Crippen molar-refractivity contribution in [2.24, 2.45) is 0 Å². The van der Waals surface area contributed by atoms with Gasteiger partial charge < -0.3 is 15.4 Å². The topological polar surface area (TPSA) is 50.4 Å². The van der Waals surface area contributed by atoms with Crippen molar-refractivity contribution in [2.45, 2.75) is 18.3 Å². The van der Waals surface area contributed by atoms with Crippen LogP contribution in [0.1, 0.15) is 6.92 Å². The summed E-state index contributed by atoms with van der Waals surface area (Å²) in [6.07, 6.45) is 1.73. The molecular formula is C9H18N2O2S. The quantitative estimate of drug-likeness (QED) is 0.688. The van der Waals surface area contributed by atoms with E-state index < -0.39 is 0 Å². The molecule has 0 bridgehead atoms. The zero-order valence-electron chi connectivity index (χ0n) is 8.71. The van der Waals surface area contributed by atoms with Crippen LogP contribution < -0.4 is 10.6 Å². The molecule has 4 nitrogen and oxygen atoms in total. The van der Waals surface area contributed by atoms with Crippen molar-refractivity contribution in [3.8, 4) is 0 Å². The SMILES string of the molecule is CSC(C)CNC(=O)[C@H]1CNCCO1. The van der Waals surface area contributed by atoms with Gasteiger partial charge in [0, 0.05) is 24.9 Å². The van der Waals surface area contributed by atoms with Crippen LogP contribution in [0.2, 0.25) is 0 Å². The first-order chi connectivity index (χ1) is 6.74. The third-order valence-electron chi connectivity index (χ3n) is 2.19. The van der Waals surface area contributed by atoms with Gasteiger partial charge in [-0.25, -0.2) is 0 Å². The normalized spacial score (nSPS) is 24.3. The Labute approximate surface area is 89.2 Å². The molecule has 0 spiro atoms. The van der Waals surface area contributed by atoms with E-state index in [-0.39, 0.29) is 12.0 Å². The van der Waals surface area contributed by atoms with Crippen LogP contribution in [-0.4, -0.2) is 49.8 Å². The summed E-state index contributed by atoms with van der Waals surface area (Å²) in [6.45, 7) is 4.88. The summed E-state index contributed by atoms with van der Waals surface area (Å²) in [4.78, 5) is 11.5. The van der Waals surface area contributed by atoms with Crippen molar-refractivity contribution >= 4 is 17.7 Å². The van der Waals surface area contributed by atoms with E-state index in [0.717, 1.165) is 6.54 Å². The first kappa shape index (κ1) is 11.8. The van der Waals surface area contributed by atoms with Crippen molar-refractivity contribution < 1.29 is 9.53 Å². The number of morpholine rings is 1. The minimum absolute atomic E-state index is 0.00176. The number of rotatable bonds is 4. The van der Waals surface area contributed by atoms with Gasteiger partial charge in [-0.15, -0.1) is 0 Å². The summed E-state index contributed by atoms with van der Waals surface area (Å²) in [5.41, 5.74) is 0. The van der Waals surface area contributed by atoms with E-state index in [1.807, 2.05) is 6.26 Å². The lowest BCUT2D eigenvalue weighted by atomic mass is 10.3. The van der Waals surface area contributed by atoms with Gasteiger partial charge in [0.2, 0.25) is 0 Å². The number of hydrogen-bond acceptors (Lipinski definition) is 4. The van der Waals surface area contributed by atoms with Gasteiger partial charge >= 0.3 is 0 Å². The number of hydrogen-bond donors (Lipinski definition) is 2. The second kappa shape index (κ2) is 6.27. The zero-order valence-corrected chi connectivity index (χ0v) is 9.52. The number of nitrogens with one attached hydrogen (secondary N) is 2. The fourth-order valence-corrected chi connectivity index (χ4v) is 1.43. The van der Waals surface area contributed by atoms with Gasteiger partial charge in [-0.05, 0) is 6.26 Å². The van der Waals surface area contributed by atoms with E-state index in [2.05, 4.69) is 17.6 Å². The summed E-state index contributed by atoms with van der Waals surface area (Å²) in [6, 6.07) is 0. The smallest absolute Gasteiger partial charge is 0.250 e. The van der Waals surface area contributed by atoms with Gasteiger partial charge in [0.05, 0.1) is 6.61 Å². The molecule has 0 aromatic heterocycles. The number of carbonyl (C=O) groups is 1. The molecule has 2 atom stereocenters. The Morgan fingerprint density at radius 1 is 1.79 bits per heavy atom. The molecule has 1 heterocycles. The van der Waals surface area contributed by atoms with Gasteiger partial charge in [-0.3, -0.25) is 4.79 Å². The van der Waals surface area contributed by atoms with Crippen LogP contribution in [0.5, 0.6) is 0 Å². The monoisotopic (exact) mass is 218 g/mol. The van der Waals surface area contributed by atoms with Gasteiger partial charge in [0.25, 0.3) is 5.91 Å². The molecule has 1 saturated heterocycles. The number of carbonyl (C=O) groups excluding carboxylic acids is 1. The highest BCUT2D eigenvalue weighted by Crippen LogP contribution is 2.03. The molecular weight excluding hydrogens is 200 g/mol. The molecule has 1 rings (SSSR count). The highest BCUT2D eigenvalue weighted by molar-refractivity contribution is 7.99. The molecule has 0 radical (unpaired) electrons. The Morgan fingerprint density at radius 3 is 3.14 bits per heavy atom. The Balaban J connectivity index is 2.19. The Bertz CT molecular complexity index is 184. The summed E-state index contributed by atoms with van der Waals surface area (Å²) >= 11 is 1.74. The van der Waals surface area contributed by atoms with Gasteiger partial charge in [0.15, 0.2) is 0 Å². The molecule has 0 aromatic carbocycles. The molecule has 1 unspecified atom stereocenters.